The molecule has 0 unspecified atom stereocenters. The lowest BCUT2D eigenvalue weighted by atomic mass is 10.2. The van der Waals surface area contributed by atoms with E-state index in [1.807, 2.05) is 0 Å². The second-order valence-corrected chi connectivity index (χ2v) is 6.56. The van der Waals surface area contributed by atoms with E-state index in [2.05, 4.69) is 42.2 Å². The summed E-state index contributed by atoms with van der Waals surface area (Å²) in [6, 6.07) is 10.7. The van der Waals surface area contributed by atoms with Crippen molar-refractivity contribution in [1.29, 1.82) is 5.26 Å². The topological polar surface area (TPSA) is 45.9 Å². The lowest BCUT2D eigenvalue weighted by molar-refractivity contribution is 0.181. The van der Waals surface area contributed by atoms with Crippen molar-refractivity contribution in [3.63, 3.8) is 0 Å². The standard InChI is InChI=1S/C15H16N2OS2/c1-11-3-5-12(6-4-11)19-10-15-17-13(9-18-2)14(20-15)7-8-16/h3-6H,7,9-10H2,1-2H3. The number of benzene rings is 1. The van der Waals surface area contributed by atoms with Crippen LogP contribution in [0, 0.1) is 18.3 Å². The minimum Gasteiger partial charge on any atom is -0.378 e. The van der Waals surface area contributed by atoms with Crippen LogP contribution in [-0.2, 0) is 23.5 Å². The van der Waals surface area contributed by atoms with E-state index < -0.39 is 0 Å². The average Bonchev–Trinajstić information content (AvgIpc) is 2.82. The number of nitriles is 1. The highest BCUT2D eigenvalue weighted by Gasteiger charge is 2.11. The van der Waals surface area contributed by atoms with Gasteiger partial charge in [0, 0.05) is 16.9 Å². The monoisotopic (exact) mass is 304 g/mol. The highest BCUT2D eigenvalue weighted by molar-refractivity contribution is 7.98. The maximum atomic E-state index is 8.84. The summed E-state index contributed by atoms with van der Waals surface area (Å²) in [4.78, 5) is 6.83. The first-order valence-electron chi connectivity index (χ1n) is 6.25. The highest BCUT2D eigenvalue weighted by atomic mass is 32.2. The quantitative estimate of drug-likeness (QED) is 0.758. The molecule has 3 nitrogen and oxygen atoms in total. The first-order chi connectivity index (χ1) is 9.72. The van der Waals surface area contributed by atoms with E-state index in [9.17, 15) is 0 Å². The van der Waals surface area contributed by atoms with E-state index >= 15 is 0 Å². The minimum absolute atomic E-state index is 0.408. The number of rotatable bonds is 6. The van der Waals surface area contributed by atoms with Gasteiger partial charge in [-0.2, -0.15) is 5.26 Å². The predicted molar refractivity (Wildman–Crippen MR) is 82.9 cm³/mol. The van der Waals surface area contributed by atoms with Gasteiger partial charge in [0.1, 0.15) is 5.01 Å². The molecule has 0 amide bonds. The van der Waals surface area contributed by atoms with Crippen LogP contribution in [0.25, 0.3) is 0 Å². The summed E-state index contributed by atoms with van der Waals surface area (Å²) < 4.78 is 5.13. The zero-order valence-electron chi connectivity index (χ0n) is 11.5. The molecule has 2 aromatic rings. The van der Waals surface area contributed by atoms with Crippen LogP contribution in [0.5, 0.6) is 0 Å². The van der Waals surface area contributed by atoms with Crippen LogP contribution in [0.15, 0.2) is 29.2 Å². The van der Waals surface area contributed by atoms with E-state index in [-0.39, 0.29) is 0 Å². The highest BCUT2D eigenvalue weighted by Crippen LogP contribution is 2.27. The Hall–Kier alpha value is -1.35. The first kappa shape index (κ1) is 15.0. The number of thioether (sulfide) groups is 1. The number of nitrogens with zero attached hydrogens (tertiary/aromatic N) is 2. The fourth-order valence-electron chi connectivity index (χ4n) is 1.74. The Labute approximate surface area is 127 Å². The normalized spacial score (nSPS) is 10.4. The molecule has 2 rings (SSSR count). The van der Waals surface area contributed by atoms with Crippen LogP contribution in [-0.4, -0.2) is 12.1 Å². The van der Waals surface area contributed by atoms with Crippen LogP contribution in [0.3, 0.4) is 0 Å². The fourth-order valence-corrected chi connectivity index (χ4v) is 3.63. The van der Waals surface area contributed by atoms with Crippen molar-refractivity contribution in [2.24, 2.45) is 0 Å². The van der Waals surface area contributed by atoms with Crippen molar-refractivity contribution < 1.29 is 4.74 Å². The SMILES string of the molecule is COCc1nc(CSc2ccc(C)cc2)sc1CC#N. The predicted octanol–water partition coefficient (Wildman–Crippen LogP) is 3.96. The molecule has 5 heteroatoms. The van der Waals surface area contributed by atoms with E-state index in [4.69, 9.17) is 10.00 Å². The van der Waals surface area contributed by atoms with Gasteiger partial charge in [0.2, 0.25) is 0 Å². The maximum absolute atomic E-state index is 8.84. The molecule has 0 saturated carbocycles. The largest absolute Gasteiger partial charge is 0.378 e. The molecule has 0 aliphatic carbocycles. The van der Waals surface area contributed by atoms with Crippen molar-refractivity contribution in [1.82, 2.24) is 4.98 Å². The first-order valence-corrected chi connectivity index (χ1v) is 8.06. The molecule has 1 aromatic heterocycles. The van der Waals surface area contributed by atoms with Gasteiger partial charge in [0.15, 0.2) is 0 Å². The van der Waals surface area contributed by atoms with Crippen molar-refractivity contribution in [3.8, 4) is 6.07 Å². The molecular weight excluding hydrogens is 288 g/mol. The molecule has 0 N–H and O–H groups in total. The van der Waals surface area contributed by atoms with Crippen LogP contribution in [0.2, 0.25) is 0 Å². The molecular formula is C15H16N2OS2. The van der Waals surface area contributed by atoms with Crippen molar-refractivity contribution in [3.05, 3.63) is 45.4 Å². The number of hydrogen-bond acceptors (Lipinski definition) is 5. The molecule has 0 spiro atoms. The van der Waals surface area contributed by atoms with Crippen molar-refractivity contribution >= 4 is 23.1 Å². The molecule has 20 heavy (non-hydrogen) atoms. The molecule has 1 aromatic carbocycles. The summed E-state index contributed by atoms with van der Waals surface area (Å²) in [5.74, 6) is 0.829. The minimum atomic E-state index is 0.408. The Morgan fingerprint density at radius 3 is 2.75 bits per heavy atom. The smallest absolute Gasteiger partial charge is 0.103 e. The number of aromatic nitrogens is 1. The van der Waals surface area contributed by atoms with Gasteiger partial charge in [-0.1, -0.05) is 17.7 Å². The third kappa shape index (κ3) is 4.07. The summed E-state index contributed by atoms with van der Waals surface area (Å²) in [6.07, 6.45) is 0.408. The summed E-state index contributed by atoms with van der Waals surface area (Å²) in [5.41, 5.74) is 2.17. The zero-order chi connectivity index (χ0) is 14.4. The summed E-state index contributed by atoms with van der Waals surface area (Å²) in [6.45, 7) is 2.56. The van der Waals surface area contributed by atoms with Gasteiger partial charge in [-0.3, -0.25) is 0 Å². The second kappa shape index (κ2) is 7.44. The lowest BCUT2D eigenvalue weighted by Crippen LogP contribution is -1.92. The summed E-state index contributed by atoms with van der Waals surface area (Å²) in [5, 5.41) is 9.89. The van der Waals surface area contributed by atoms with Gasteiger partial charge in [0.05, 0.1) is 30.5 Å². The molecule has 0 bridgehead atoms. The Bertz CT molecular complexity index is 599. The fraction of sp³-hybridized carbons (Fsp3) is 0.333. The Balaban J connectivity index is 2.04. The molecule has 0 aliphatic rings. The van der Waals surface area contributed by atoms with Crippen LogP contribution < -0.4 is 0 Å². The molecule has 0 fully saturated rings. The molecule has 0 aliphatic heterocycles. The molecule has 104 valence electrons. The van der Waals surface area contributed by atoms with Gasteiger partial charge in [-0.25, -0.2) is 4.98 Å². The van der Waals surface area contributed by atoms with Crippen LogP contribution in [0.4, 0.5) is 0 Å². The van der Waals surface area contributed by atoms with E-state index in [1.165, 1.54) is 10.5 Å². The van der Waals surface area contributed by atoms with Crippen molar-refractivity contribution in [2.75, 3.05) is 7.11 Å². The van der Waals surface area contributed by atoms with Gasteiger partial charge in [0.25, 0.3) is 0 Å². The van der Waals surface area contributed by atoms with E-state index in [0.29, 0.717) is 13.0 Å². The zero-order valence-corrected chi connectivity index (χ0v) is 13.2. The molecule has 0 atom stereocenters. The second-order valence-electron chi connectivity index (χ2n) is 4.35. The maximum Gasteiger partial charge on any atom is 0.103 e. The Kier molecular flexibility index (Phi) is 5.60. The Morgan fingerprint density at radius 2 is 2.10 bits per heavy atom. The molecule has 1 heterocycles. The Morgan fingerprint density at radius 1 is 1.35 bits per heavy atom. The number of aryl methyl sites for hydroxylation is 1. The average molecular weight is 304 g/mol. The van der Waals surface area contributed by atoms with Gasteiger partial charge >= 0.3 is 0 Å². The van der Waals surface area contributed by atoms with Gasteiger partial charge in [-0.15, -0.1) is 23.1 Å². The summed E-state index contributed by atoms with van der Waals surface area (Å²) >= 11 is 3.38. The number of thiazole rings is 1. The van der Waals surface area contributed by atoms with Gasteiger partial charge in [-0.05, 0) is 19.1 Å². The molecule has 0 saturated heterocycles. The van der Waals surface area contributed by atoms with Crippen LogP contribution >= 0.6 is 23.1 Å². The third-order valence-corrected chi connectivity index (χ3v) is 5.03. The number of methoxy groups -OCH3 is 1. The van der Waals surface area contributed by atoms with Crippen LogP contribution in [0.1, 0.15) is 21.1 Å². The summed E-state index contributed by atoms with van der Waals surface area (Å²) in [7, 11) is 1.65. The molecule has 0 radical (unpaired) electrons. The van der Waals surface area contributed by atoms with Gasteiger partial charge < -0.3 is 4.74 Å². The number of ether oxygens (including phenoxy) is 1. The van der Waals surface area contributed by atoms with Crippen molar-refractivity contribution in [2.45, 2.75) is 30.6 Å². The van der Waals surface area contributed by atoms with E-state index in [1.54, 1.807) is 30.2 Å². The number of hydrogen-bond donors (Lipinski definition) is 0. The lowest BCUT2D eigenvalue weighted by Gasteiger charge is -1.99. The van der Waals surface area contributed by atoms with E-state index in [0.717, 1.165) is 21.3 Å². The third-order valence-electron chi connectivity index (χ3n) is 2.73.